The lowest BCUT2D eigenvalue weighted by molar-refractivity contribution is -0.118. The summed E-state index contributed by atoms with van der Waals surface area (Å²) in [6.07, 6.45) is 6.23. The molecule has 2 aliphatic heterocycles. The van der Waals surface area contributed by atoms with Gasteiger partial charge in [0.05, 0.1) is 5.56 Å². The van der Waals surface area contributed by atoms with Gasteiger partial charge in [-0.25, -0.2) is 9.97 Å². The van der Waals surface area contributed by atoms with E-state index in [4.69, 9.17) is 0 Å². The van der Waals surface area contributed by atoms with Gasteiger partial charge in [-0.05, 0) is 12.8 Å². The molecule has 112 valence electrons. The zero-order valence-electron chi connectivity index (χ0n) is 11.9. The van der Waals surface area contributed by atoms with E-state index in [0.29, 0.717) is 24.6 Å². The first-order valence-electron chi connectivity index (χ1n) is 7.33. The van der Waals surface area contributed by atoms with Crippen LogP contribution in [-0.2, 0) is 4.79 Å². The number of likely N-dealkylation sites (tertiary alicyclic amines) is 1. The molecule has 0 bridgehead atoms. The Balaban J connectivity index is 1.64. The number of hydrogen-bond donors (Lipinski definition) is 0. The van der Waals surface area contributed by atoms with Crippen molar-refractivity contribution in [2.45, 2.75) is 12.8 Å². The number of piperazine rings is 1. The Labute approximate surface area is 123 Å². The largest absolute Gasteiger partial charge is 0.342 e. The van der Waals surface area contributed by atoms with Gasteiger partial charge in [-0.2, -0.15) is 0 Å². The van der Waals surface area contributed by atoms with E-state index in [0.717, 1.165) is 45.4 Å². The standard InChI is InChI=1S/C14H19N5O2/c20-11-17-5-7-19(8-6-17)14-15-9-12(10-16-14)13(21)18-3-1-2-4-18/h9-11H,1-8H2. The van der Waals surface area contributed by atoms with Crippen LogP contribution in [0.15, 0.2) is 12.4 Å². The number of hydrogen-bond acceptors (Lipinski definition) is 5. The highest BCUT2D eigenvalue weighted by Crippen LogP contribution is 2.14. The maximum atomic E-state index is 12.2. The van der Waals surface area contributed by atoms with Gasteiger partial charge >= 0.3 is 0 Å². The van der Waals surface area contributed by atoms with Gasteiger partial charge < -0.3 is 14.7 Å². The van der Waals surface area contributed by atoms with Crippen molar-refractivity contribution in [3.8, 4) is 0 Å². The zero-order chi connectivity index (χ0) is 14.7. The lowest BCUT2D eigenvalue weighted by atomic mass is 10.3. The fourth-order valence-electron chi connectivity index (χ4n) is 2.73. The molecule has 0 unspecified atom stereocenters. The minimum atomic E-state index is 0.0184. The van der Waals surface area contributed by atoms with E-state index in [-0.39, 0.29) is 5.91 Å². The first-order chi connectivity index (χ1) is 10.3. The highest BCUT2D eigenvalue weighted by atomic mass is 16.2. The fraction of sp³-hybridized carbons (Fsp3) is 0.571. The van der Waals surface area contributed by atoms with Crippen molar-refractivity contribution in [3.63, 3.8) is 0 Å². The van der Waals surface area contributed by atoms with Crippen LogP contribution in [0.4, 0.5) is 5.95 Å². The normalized spacial score (nSPS) is 19.0. The zero-order valence-corrected chi connectivity index (χ0v) is 11.9. The highest BCUT2D eigenvalue weighted by Gasteiger charge is 2.21. The second-order valence-electron chi connectivity index (χ2n) is 5.40. The van der Waals surface area contributed by atoms with Crippen molar-refractivity contribution in [2.24, 2.45) is 0 Å². The minimum absolute atomic E-state index is 0.0184. The number of aromatic nitrogens is 2. The summed E-state index contributed by atoms with van der Waals surface area (Å²) in [4.78, 5) is 37.1. The molecule has 2 fully saturated rings. The van der Waals surface area contributed by atoms with Crippen molar-refractivity contribution in [2.75, 3.05) is 44.2 Å². The van der Waals surface area contributed by atoms with E-state index in [1.165, 1.54) is 0 Å². The third-order valence-corrected chi connectivity index (χ3v) is 4.02. The van der Waals surface area contributed by atoms with Gasteiger partial charge in [-0.15, -0.1) is 0 Å². The van der Waals surface area contributed by atoms with Gasteiger partial charge in [-0.1, -0.05) is 0 Å². The number of rotatable bonds is 3. The molecule has 0 atom stereocenters. The molecule has 0 saturated carbocycles. The molecule has 1 aromatic heterocycles. The van der Waals surface area contributed by atoms with Crippen LogP contribution in [0.5, 0.6) is 0 Å². The average Bonchev–Trinajstić information content (AvgIpc) is 3.09. The number of anilines is 1. The molecule has 7 nitrogen and oxygen atoms in total. The Kier molecular flexibility index (Phi) is 3.98. The van der Waals surface area contributed by atoms with Gasteiger partial charge in [-0.3, -0.25) is 9.59 Å². The van der Waals surface area contributed by atoms with E-state index in [1.807, 2.05) is 9.80 Å². The maximum Gasteiger partial charge on any atom is 0.256 e. The smallest absolute Gasteiger partial charge is 0.256 e. The molecule has 0 radical (unpaired) electrons. The van der Waals surface area contributed by atoms with Crippen LogP contribution in [0, 0.1) is 0 Å². The van der Waals surface area contributed by atoms with E-state index < -0.39 is 0 Å². The van der Waals surface area contributed by atoms with Crippen LogP contribution in [0.1, 0.15) is 23.2 Å². The SMILES string of the molecule is O=CN1CCN(c2ncc(C(=O)N3CCCC3)cn2)CC1. The quantitative estimate of drug-likeness (QED) is 0.732. The molecule has 3 heterocycles. The lowest BCUT2D eigenvalue weighted by Crippen LogP contribution is -2.46. The van der Waals surface area contributed by atoms with E-state index in [9.17, 15) is 9.59 Å². The Morgan fingerprint density at radius 3 is 2.19 bits per heavy atom. The predicted octanol–water partition coefficient (Wildman–Crippen LogP) is -0.00900. The molecule has 0 spiro atoms. The van der Waals surface area contributed by atoms with Crippen molar-refractivity contribution in [1.82, 2.24) is 19.8 Å². The van der Waals surface area contributed by atoms with Crippen molar-refractivity contribution in [3.05, 3.63) is 18.0 Å². The van der Waals surface area contributed by atoms with E-state index >= 15 is 0 Å². The fourth-order valence-corrected chi connectivity index (χ4v) is 2.73. The van der Waals surface area contributed by atoms with E-state index in [2.05, 4.69) is 9.97 Å². The van der Waals surface area contributed by atoms with Crippen LogP contribution in [-0.4, -0.2) is 71.4 Å². The van der Waals surface area contributed by atoms with Crippen LogP contribution in [0.2, 0.25) is 0 Å². The first kappa shape index (κ1) is 13.8. The van der Waals surface area contributed by atoms with Gasteiger partial charge in [0, 0.05) is 51.7 Å². The van der Waals surface area contributed by atoms with Gasteiger partial charge in [0.25, 0.3) is 5.91 Å². The maximum absolute atomic E-state index is 12.2. The molecule has 0 aliphatic carbocycles. The first-order valence-corrected chi connectivity index (χ1v) is 7.33. The highest BCUT2D eigenvalue weighted by molar-refractivity contribution is 5.93. The van der Waals surface area contributed by atoms with E-state index in [1.54, 1.807) is 17.3 Å². The molecule has 2 aliphatic rings. The summed E-state index contributed by atoms with van der Waals surface area (Å²) in [5, 5.41) is 0. The summed E-state index contributed by atoms with van der Waals surface area (Å²) in [5.41, 5.74) is 0.548. The van der Waals surface area contributed by atoms with Crippen LogP contribution >= 0.6 is 0 Å². The average molecular weight is 289 g/mol. The molecule has 7 heteroatoms. The van der Waals surface area contributed by atoms with Gasteiger partial charge in [0.15, 0.2) is 0 Å². The van der Waals surface area contributed by atoms with Crippen LogP contribution in [0.3, 0.4) is 0 Å². The third kappa shape index (κ3) is 2.96. The second kappa shape index (κ2) is 6.07. The minimum Gasteiger partial charge on any atom is -0.342 e. The molecular weight excluding hydrogens is 270 g/mol. The predicted molar refractivity (Wildman–Crippen MR) is 77.0 cm³/mol. The Morgan fingerprint density at radius 2 is 1.62 bits per heavy atom. The Bertz CT molecular complexity index is 505. The molecule has 0 N–H and O–H groups in total. The lowest BCUT2D eigenvalue weighted by Gasteiger charge is -2.32. The number of carbonyl (C=O) groups is 2. The molecular formula is C14H19N5O2. The number of carbonyl (C=O) groups excluding carboxylic acids is 2. The number of nitrogens with zero attached hydrogens (tertiary/aromatic N) is 5. The molecule has 3 rings (SSSR count). The van der Waals surface area contributed by atoms with Crippen LogP contribution in [0.25, 0.3) is 0 Å². The molecule has 1 aromatic rings. The summed E-state index contributed by atoms with van der Waals surface area (Å²) in [7, 11) is 0. The molecule has 2 amide bonds. The number of amides is 2. The molecule has 21 heavy (non-hydrogen) atoms. The van der Waals surface area contributed by atoms with Gasteiger partial charge in [0.1, 0.15) is 0 Å². The summed E-state index contributed by atoms with van der Waals surface area (Å²) in [6.45, 7) is 4.46. The van der Waals surface area contributed by atoms with Gasteiger partial charge in [0.2, 0.25) is 12.4 Å². The Morgan fingerprint density at radius 1 is 1.00 bits per heavy atom. The summed E-state index contributed by atoms with van der Waals surface area (Å²) in [6, 6.07) is 0. The van der Waals surface area contributed by atoms with Crippen LogP contribution < -0.4 is 4.90 Å². The summed E-state index contributed by atoms with van der Waals surface area (Å²) < 4.78 is 0. The molecule has 2 saturated heterocycles. The summed E-state index contributed by atoms with van der Waals surface area (Å²) >= 11 is 0. The monoisotopic (exact) mass is 289 g/mol. The Hall–Kier alpha value is -2.18. The molecule has 0 aromatic carbocycles. The third-order valence-electron chi connectivity index (χ3n) is 4.02. The second-order valence-corrected chi connectivity index (χ2v) is 5.40. The van der Waals surface area contributed by atoms with Crippen molar-refractivity contribution >= 4 is 18.3 Å². The topological polar surface area (TPSA) is 69.6 Å². The van der Waals surface area contributed by atoms with Crippen molar-refractivity contribution in [1.29, 1.82) is 0 Å². The summed E-state index contributed by atoms with van der Waals surface area (Å²) in [5.74, 6) is 0.642. The van der Waals surface area contributed by atoms with Crippen molar-refractivity contribution < 1.29 is 9.59 Å².